The maximum atomic E-state index is 10.6. The average Bonchev–Trinajstić information content (AvgIpc) is 2.11. The molecule has 0 saturated heterocycles. The van der Waals surface area contributed by atoms with Crippen molar-refractivity contribution in [3.8, 4) is 0 Å². The van der Waals surface area contributed by atoms with Gasteiger partial charge in [-0.05, 0) is 22.6 Å². The third-order valence-corrected chi connectivity index (χ3v) is 1.96. The fraction of sp³-hybridized carbons (Fsp3) is 0. The van der Waals surface area contributed by atoms with E-state index in [0.717, 1.165) is 3.57 Å². The summed E-state index contributed by atoms with van der Waals surface area (Å²) in [5.41, 5.74) is 10.8. The summed E-state index contributed by atoms with van der Waals surface area (Å²) in [5.74, 6) is -0.167. The zero-order chi connectivity index (χ0) is 7.72. The van der Waals surface area contributed by atoms with E-state index in [4.69, 9.17) is 11.5 Å². The molecule has 4 nitrogen and oxygen atoms in total. The van der Waals surface area contributed by atoms with Crippen LogP contribution in [0.3, 0.4) is 0 Å². The van der Waals surface area contributed by atoms with Crippen molar-refractivity contribution in [3.63, 3.8) is 0 Å². The molecule has 1 rings (SSSR count). The second-order valence-electron chi connectivity index (χ2n) is 1.79. The average molecular weight is 251 g/mol. The van der Waals surface area contributed by atoms with Gasteiger partial charge in [-0.2, -0.15) is 0 Å². The summed E-state index contributed by atoms with van der Waals surface area (Å²) < 4.78 is 0.752. The van der Waals surface area contributed by atoms with E-state index in [9.17, 15) is 4.79 Å². The van der Waals surface area contributed by atoms with Gasteiger partial charge in [0.05, 0.1) is 5.56 Å². The Kier molecular flexibility index (Phi) is 1.84. The van der Waals surface area contributed by atoms with E-state index in [1.54, 1.807) is 6.20 Å². The van der Waals surface area contributed by atoms with E-state index >= 15 is 0 Å². The lowest BCUT2D eigenvalue weighted by atomic mass is 10.3. The molecule has 5 N–H and O–H groups in total. The van der Waals surface area contributed by atoms with Gasteiger partial charge in [0.15, 0.2) is 0 Å². The number of hydrogen-bond donors (Lipinski definition) is 3. The Labute approximate surface area is 71.1 Å². The van der Waals surface area contributed by atoms with Gasteiger partial charge >= 0.3 is 0 Å². The number of H-pyrrole nitrogens is 1. The molecule has 0 aliphatic heterocycles. The topological polar surface area (TPSA) is 84.9 Å². The zero-order valence-corrected chi connectivity index (χ0v) is 7.18. The molecule has 0 aromatic carbocycles. The Morgan fingerprint density at radius 3 is 2.50 bits per heavy atom. The van der Waals surface area contributed by atoms with E-state index in [1.165, 1.54) is 0 Å². The van der Waals surface area contributed by atoms with Crippen LogP contribution in [0.4, 0.5) is 5.82 Å². The number of aromatic nitrogens is 1. The Hall–Kier alpha value is -0.720. The van der Waals surface area contributed by atoms with Crippen LogP contribution in [0, 0.1) is 3.57 Å². The number of primary amides is 1. The van der Waals surface area contributed by atoms with Crippen LogP contribution < -0.4 is 11.5 Å². The Morgan fingerprint density at radius 1 is 1.70 bits per heavy atom. The van der Waals surface area contributed by atoms with Gasteiger partial charge in [0, 0.05) is 9.77 Å². The standard InChI is InChI=1S/C5H6IN3O/c6-2-1-9-4(7)3(2)5(8)10/h1,9H,7H2,(H2,8,10). The van der Waals surface area contributed by atoms with Crippen LogP contribution in [0.25, 0.3) is 0 Å². The first-order valence-electron chi connectivity index (χ1n) is 2.55. The summed E-state index contributed by atoms with van der Waals surface area (Å²) >= 11 is 1.98. The van der Waals surface area contributed by atoms with Gasteiger partial charge < -0.3 is 16.5 Å². The van der Waals surface area contributed by atoms with E-state index in [2.05, 4.69) is 4.98 Å². The molecule has 0 aliphatic carbocycles. The van der Waals surface area contributed by atoms with Gasteiger partial charge in [-0.15, -0.1) is 0 Å². The molecular weight excluding hydrogens is 245 g/mol. The smallest absolute Gasteiger partial charge is 0.253 e. The van der Waals surface area contributed by atoms with Crippen LogP contribution in [-0.4, -0.2) is 10.9 Å². The fourth-order valence-corrected chi connectivity index (χ4v) is 1.38. The summed E-state index contributed by atoms with van der Waals surface area (Å²) in [6.45, 7) is 0. The Morgan fingerprint density at radius 2 is 2.30 bits per heavy atom. The summed E-state index contributed by atoms with van der Waals surface area (Å²) in [6.07, 6.45) is 1.63. The molecule has 0 bridgehead atoms. The molecule has 0 radical (unpaired) electrons. The summed E-state index contributed by atoms with van der Waals surface area (Å²) in [5, 5.41) is 0. The number of aromatic amines is 1. The number of halogens is 1. The monoisotopic (exact) mass is 251 g/mol. The maximum Gasteiger partial charge on any atom is 0.253 e. The van der Waals surface area contributed by atoms with E-state index < -0.39 is 5.91 Å². The van der Waals surface area contributed by atoms with E-state index in [-0.39, 0.29) is 0 Å². The zero-order valence-electron chi connectivity index (χ0n) is 5.02. The Bertz CT molecular complexity index is 248. The van der Waals surface area contributed by atoms with Gasteiger partial charge in [0.1, 0.15) is 5.82 Å². The molecule has 0 spiro atoms. The van der Waals surface area contributed by atoms with Crippen LogP contribution in [0.15, 0.2) is 6.20 Å². The molecule has 1 aromatic heterocycles. The largest absolute Gasteiger partial charge is 0.385 e. The SMILES string of the molecule is NC(=O)c1c(I)c[nH]c1N. The fourth-order valence-electron chi connectivity index (χ4n) is 0.665. The highest BCUT2D eigenvalue weighted by Crippen LogP contribution is 2.16. The van der Waals surface area contributed by atoms with Gasteiger partial charge in [0.2, 0.25) is 0 Å². The van der Waals surface area contributed by atoms with Crippen molar-refractivity contribution in [2.24, 2.45) is 5.73 Å². The summed E-state index contributed by atoms with van der Waals surface area (Å²) in [6, 6.07) is 0. The van der Waals surface area contributed by atoms with Crippen molar-refractivity contribution in [2.75, 3.05) is 5.73 Å². The number of rotatable bonds is 1. The van der Waals surface area contributed by atoms with Gasteiger partial charge in [-0.1, -0.05) is 0 Å². The highest BCUT2D eigenvalue weighted by Gasteiger charge is 2.10. The lowest BCUT2D eigenvalue weighted by molar-refractivity contribution is 0.100. The normalized spacial score (nSPS) is 9.70. The predicted octanol–water partition coefficient (Wildman–Crippen LogP) is 0.300. The molecule has 0 unspecified atom stereocenters. The molecule has 0 fully saturated rings. The number of nitrogen functional groups attached to an aromatic ring is 1. The van der Waals surface area contributed by atoms with Gasteiger partial charge in [0.25, 0.3) is 5.91 Å². The number of nitrogens with one attached hydrogen (secondary N) is 1. The quantitative estimate of drug-likeness (QED) is 0.627. The number of nitrogens with two attached hydrogens (primary N) is 2. The second-order valence-corrected chi connectivity index (χ2v) is 2.95. The molecule has 0 aliphatic rings. The minimum Gasteiger partial charge on any atom is -0.385 e. The number of anilines is 1. The molecule has 0 saturated carbocycles. The van der Waals surface area contributed by atoms with Crippen molar-refractivity contribution in [1.29, 1.82) is 0 Å². The first kappa shape index (κ1) is 7.39. The van der Waals surface area contributed by atoms with Gasteiger partial charge in [-0.3, -0.25) is 4.79 Å². The molecule has 0 atom stereocenters. The van der Waals surface area contributed by atoms with Crippen LogP contribution in [0.5, 0.6) is 0 Å². The third kappa shape index (κ3) is 1.08. The Balaban J connectivity index is 3.23. The number of hydrogen-bond acceptors (Lipinski definition) is 2. The highest BCUT2D eigenvalue weighted by atomic mass is 127. The van der Waals surface area contributed by atoms with Crippen LogP contribution >= 0.6 is 22.6 Å². The van der Waals surface area contributed by atoms with E-state index in [1.807, 2.05) is 22.6 Å². The van der Waals surface area contributed by atoms with Crippen molar-refractivity contribution in [2.45, 2.75) is 0 Å². The number of carbonyl (C=O) groups excluding carboxylic acids is 1. The summed E-state index contributed by atoms with van der Waals surface area (Å²) in [7, 11) is 0. The summed E-state index contributed by atoms with van der Waals surface area (Å²) in [4.78, 5) is 13.3. The first-order chi connectivity index (χ1) is 4.63. The van der Waals surface area contributed by atoms with E-state index in [0.29, 0.717) is 11.4 Å². The molecule has 5 heteroatoms. The van der Waals surface area contributed by atoms with Crippen molar-refractivity contribution in [1.82, 2.24) is 4.98 Å². The minimum atomic E-state index is -0.497. The van der Waals surface area contributed by atoms with Crippen LogP contribution in [0.1, 0.15) is 10.4 Å². The van der Waals surface area contributed by atoms with Crippen molar-refractivity contribution < 1.29 is 4.79 Å². The minimum absolute atomic E-state index is 0.330. The highest BCUT2D eigenvalue weighted by molar-refractivity contribution is 14.1. The third-order valence-electron chi connectivity index (χ3n) is 1.11. The molecule has 1 aromatic rings. The van der Waals surface area contributed by atoms with Crippen LogP contribution in [-0.2, 0) is 0 Å². The van der Waals surface area contributed by atoms with Crippen LogP contribution in [0.2, 0.25) is 0 Å². The van der Waals surface area contributed by atoms with Gasteiger partial charge in [-0.25, -0.2) is 0 Å². The molecule has 1 amide bonds. The number of amides is 1. The first-order valence-corrected chi connectivity index (χ1v) is 3.63. The van der Waals surface area contributed by atoms with Crippen molar-refractivity contribution in [3.05, 3.63) is 15.3 Å². The molecule has 54 valence electrons. The molecular formula is C5H6IN3O. The lowest BCUT2D eigenvalue weighted by Gasteiger charge is -1.91. The second kappa shape index (κ2) is 2.49. The molecule has 1 heterocycles. The lowest BCUT2D eigenvalue weighted by Crippen LogP contribution is -2.13. The van der Waals surface area contributed by atoms with Crippen molar-refractivity contribution >= 4 is 34.3 Å². The maximum absolute atomic E-state index is 10.6. The predicted molar refractivity (Wildman–Crippen MR) is 46.4 cm³/mol. The number of carbonyl (C=O) groups is 1. The molecule has 10 heavy (non-hydrogen) atoms.